The van der Waals surface area contributed by atoms with Crippen LogP contribution >= 0.6 is 15.9 Å². The smallest absolute Gasteiger partial charge is 0.410 e. The number of nitrogens with one attached hydrogen (secondary N) is 1. The molecule has 1 aromatic carbocycles. The maximum absolute atomic E-state index is 13.0. The van der Waals surface area contributed by atoms with Gasteiger partial charge in [0.2, 0.25) is 0 Å². The molecule has 9 heteroatoms. The molecular weight excluding hydrogens is 484 g/mol. The molecule has 2 aromatic rings. The number of amides is 1. The minimum absolute atomic E-state index is 0.352. The van der Waals surface area contributed by atoms with Crippen LogP contribution in [0.5, 0.6) is 0 Å². The minimum Gasteiger partial charge on any atom is -0.444 e. The van der Waals surface area contributed by atoms with E-state index in [1.165, 1.54) is 0 Å². The highest BCUT2D eigenvalue weighted by Crippen LogP contribution is 2.45. The molecule has 1 saturated heterocycles. The third-order valence-corrected chi connectivity index (χ3v) is 6.86. The van der Waals surface area contributed by atoms with E-state index in [1.54, 1.807) is 17.2 Å². The van der Waals surface area contributed by atoms with Crippen LogP contribution in [0.25, 0.3) is 0 Å². The first-order valence-electron chi connectivity index (χ1n) is 10.9. The summed E-state index contributed by atoms with van der Waals surface area (Å²) in [7, 11) is 0. The van der Waals surface area contributed by atoms with Gasteiger partial charge in [-0.1, -0.05) is 12.1 Å². The number of aromatic nitrogens is 2. The van der Waals surface area contributed by atoms with E-state index >= 15 is 0 Å². The van der Waals surface area contributed by atoms with Gasteiger partial charge in [0, 0.05) is 22.5 Å². The van der Waals surface area contributed by atoms with Crippen molar-refractivity contribution in [2.75, 3.05) is 6.54 Å². The Morgan fingerprint density at radius 2 is 2.06 bits per heavy atom. The molecule has 0 radical (unpaired) electrons. The van der Waals surface area contributed by atoms with Crippen molar-refractivity contribution in [1.29, 1.82) is 10.5 Å². The fourth-order valence-corrected chi connectivity index (χ4v) is 5.18. The van der Waals surface area contributed by atoms with Gasteiger partial charge < -0.3 is 4.74 Å². The van der Waals surface area contributed by atoms with Crippen LogP contribution < -0.4 is 0 Å². The van der Waals surface area contributed by atoms with E-state index < -0.39 is 17.6 Å². The molecule has 2 aliphatic rings. The van der Waals surface area contributed by atoms with Crippen molar-refractivity contribution >= 4 is 33.6 Å². The standard InChI is InChI=1S/C24H25BrN6O2/c1-24(2,3)33-23(32)31-10-5-4-9-18(31)21-16(12-27)19(17-13-28-30-22(17)29-21)15-8-6-7-14(11-26)20(15)25/h6-8,13,16,18-19H,4-5,9-10H2,1-3H3,(H,28,30). The summed E-state index contributed by atoms with van der Waals surface area (Å²) in [5, 5.41) is 27.0. The van der Waals surface area contributed by atoms with E-state index in [4.69, 9.17) is 9.73 Å². The first kappa shape index (κ1) is 23.0. The Morgan fingerprint density at radius 3 is 2.76 bits per heavy atom. The lowest BCUT2D eigenvalue weighted by Gasteiger charge is -2.40. The SMILES string of the molecule is CC(C)(C)OC(=O)N1CCCCC1C1=Nc2[nH]ncc2C(c2cccc(C#N)c2Br)C1C#N. The molecule has 3 unspecified atom stereocenters. The number of piperidine rings is 1. The molecule has 1 N–H and O–H groups in total. The van der Waals surface area contributed by atoms with Gasteiger partial charge in [-0.05, 0) is 67.6 Å². The fraction of sp³-hybridized carbons (Fsp3) is 0.458. The van der Waals surface area contributed by atoms with Gasteiger partial charge in [0.1, 0.15) is 11.7 Å². The van der Waals surface area contributed by atoms with Crippen LogP contribution in [0.4, 0.5) is 10.6 Å². The predicted molar refractivity (Wildman–Crippen MR) is 126 cm³/mol. The highest BCUT2D eigenvalue weighted by molar-refractivity contribution is 9.10. The van der Waals surface area contributed by atoms with E-state index in [-0.39, 0.29) is 12.0 Å². The Balaban J connectivity index is 1.80. The first-order chi connectivity index (χ1) is 15.7. The topological polar surface area (TPSA) is 118 Å². The lowest BCUT2D eigenvalue weighted by molar-refractivity contribution is 0.0163. The number of H-pyrrole nitrogens is 1. The van der Waals surface area contributed by atoms with Crippen molar-refractivity contribution in [3.8, 4) is 12.1 Å². The summed E-state index contributed by atoms with van der Waals surface area (Å²) in [4.78, 5) is 19.6. The maximum atomic E-state index is 13.0. The summed E-state index contributed by atoms with van der Waals surface area (Å²) in [5.74, 6) is -0.444. The van der Waals surface area contributed by atoms with Crippen molar-refractivity contribution < 1.29 is 9.53 Å². The Hall–Kier alpha value is -3.17. The number of benzene rings is 1. The molecule has 33 heavy (non-hydrogen) atoms. The molecule has 3 atom stereocenters. The third kappa shape index (κ3) is 4.38. The number of aliphatic imine (C=N–C) groups is 1. The number of aromatic amines is 1. The van der Waals surface area contributed by atoms with E-state index in [2.05, 4.69) is 38.3 Å². The lowest BCUT2D eigenvalue weighted by Crippen LogP contribution is -2.52. The predicted octanol–water partition coefficient (Wildman–Crippen LogP) is 5.19. The normalized spacial score (nSPS) is 22.5. The van der Waals surface area contributed by atoms with E-state index in [1.807, 2.05) is 32.9 Å². The van der Waals surface area contributed by atoms with E-state index in [9.17, 15) is 15.3 Å². The molecule has 0 bridgehead atoms. The Kier molecular flexibility index (Phi) is 6.27. The number of likely N-dealkylation sites (tertiary alicyclic amines) is 1. The number of rotatable bonds is 2. The molecule has 0 aliphatic carbocycles. The zero-order valence-electron chi connectivity index (χ0n) is 18.8. The van der Waals surface area contributed by atoms with Gasteiger partial charge in [0.05, 0.1) is 35.5 Å². The molecule has 1 amide bonds. The van der Waals surface area contributed by atoms with E-state index in [0.717, 1.165) is 24.0 Å². The number of nitriles is 2. The van der Waals surface area contributed by atoms with Crippen LogP contribution in [-0.4, -0.2) is 45.1 Å². The summed E-state index contributed by atoms with van der Waals surface area (Å²) in [6, 6.07) is 9.74. The molecule has 3 heterocycles. The average Bonchev–Trinajstić information content (AvgIpc) is 3.25. The van der Waals surface area contributed by atoms with Gasteiger partial charge in [0.15, 0.2) is 5.82 Å². The van der Waals surface area contributed by atoms with Crippen molar-refractivity contribution in [1.82, 2.24) is 15.1 Å². The van der Waals surface area contributed by atoms with Crippen molar-refractivity contribution in [2.45, 2.75) is 57.6 Å². The van der Waals surface area contributed by atoms with Gasteiger partial charge in [-0.3, -0.25) is 10.00 Å². The quantitative estimate of drug-likeness (QED) is 0.598. The molecule has 1 fully saturated rings. The second kappa shape index (κ2) is 8.99. The Bertz CT molecular complexity index is 1180. The monoisotopic (exact) mass is 508 g/mol. The lowest BCUT2D eigenvalue weighted by atomic mass is 9.74. The van der Waals surface area contributed by atoms with Gasteiger partial charge in [-0.25, -0.2) is 9.79 Å². The van der Waals surface area contributed by atoms with Crippen LogP contribution in [0.15, 0.2) is 33.9 Å². The molecular formula is C24H25BrN6O2. The van der Waals surface area contributed by atoms with Crippen molar-refractivity contribution in [3.05, 3.63) is 45.6 Å². The summed E-state index contributed by atoms with van der Waals surface area (Å²) in [6.45, 7) is 6.07. The minimum atomic E-state index is -0.631. The Morgan fingerprint density at radius 1 is 1.27 bits per heavy atom. The largest absolute Gasteiger partial charge is 0.444 e. The molecule has 1 aromatic heterocycles. The first-order valence-corrected chi connectivity index (χ1v) is 11.7. The van der Waals surface area contributed by atoms with Crippen molar-refractivity contribution in [3.63, 3.8) is 0 Å². The average molecular weight is 509 g/mol. The second-order valence-corrected chi connectivity index (χ2v) is 10.1. The van der Waals surface area contributed by atoms with E-state index in [0.29, 0.717) is 34.5 Å². The van der Waals surface area contributed by atoms with Crippen LogP contribution in [0.2, 0.25) is 0 Å². The van der Waals surface area contributed by atoms with Crippen LogP contribution in [0.1, 0.15) is 62.6 Å². The number of halogens is 1. The molecule has 8 nitrogen and oxygen atoms in total. The second-order valence-electron chi connectivity index (χ2n) is 9.30. The molecule has 0 spiro atoms. The fourth-order valence-electron chi connectivity index (χ4n) is 4.58. The van der Waals surface area contributed by atoms with Crippen LogP contribution in [-0.2, 0) is 4.74 Å². The number of ether oxygens (including phenoxy) is 1. The molecule has 170 valence electrons. The summed E-state index contributed by atoms with van der Waals surface area (Å²) in [6.07, 6.45) is 3.78. The Labute approximate surface area is 201 Å². The molecule has 0 saturated carbocycles. The summed E-state index contributed by atoms with van der Waals surface area (Å²) < 4.78 is 6.32. The number of hydrogen-bond acceptors (Lipinski definition) is 6. The zero-order chi connectivity index (χ0) is 23.8. The highest BCUT2D eigenvalue weighted by atomic mass is 79.9. The van der Waals surface area contributed by atoms with Gasteiger partial charge in [-0.2, -0.15) is 15.6 Å². The van der Waals surface area contributed by atoms with Gasteiger partial charge >= 0.3 is 6.09 Å². The number of hydrogen-bond donors (Lipinski definition) is 1. The zero-order valence-corrected chi connectivity index (χ0v) is 20.4. The number of fused-ring (bicyclic) bond motifs is 1. The highest BCUT2D eigenvalue weighted by Gasteiger charge is 2.43. The third-order valence-electron chi connectivity index (χ3n) is 5.97. The van der Waals surface area contributed by atoms with Crippen LogP contribution in [0, 0.1) is 28.6 Å². The number of carbonyl (C=O) groups is 1. The summed E-state index contributed by atoms with van der Waals surface area (Å²) >= 11 is 3.57. The number of nitrogens with zero attached hydrogens (tertiary/aromatic N) is 5. The summed E-state index contributed by atoms with van der Waals surface area (Å²) in [5.41, 5.74) is 2.10. The van der Waals surface area contributed by atoms with Crippen molar-refractivity contribution in [2.24, 2.45) is 10.9 Å². The number of carbonyl (C=O) groups excluding carboxylic acids is 1. The van der Waals surface area contributed by atoms with Gasteiger partial charge in [0.25, 0.3) is 0 Å². The molecule has 4 rings (SSSR count). The van der Waals surface area contributed by atoms with Gasteiger partial charge in [-0.15, -0.1) is 0 Å². The molecule has 2 aliphatic heterocycles. The maximum Gasteiger partial charge on any atom is 0.410 e. The van der Waals surface area contributed by atoms with Crippen LogP contribution in [0.3, 0.4) is 0 Å².